The monoisotopic (exact) mass is 381 g/mol. The second-order valence-electron chi connectivity index (χ2n) is 6.96. The van der Waals surface area contributed by atoms with Crippen LogP contribution in [0.15, 0.2) is 29.2 Å². The zero-order valence-corrected chi connectivity index (χ0v) is 15.7. The van der Waals surface area contributed by atoms with Gasteiger partial charge in [0.1, 0.15) is 0 Å². The van der Waals surface area contributed by atoms with Gasteiger partial charge in [-0.3, -0.25) is 4.79 Å². The number of anilines is 1. The molecule has 0 aliphatic carbocycles. The van der Waals surface area contributed by atoms with Crippen LogP contribution in [0.2, 0.25) is 0 Å². The third-order valence-electron chi connectivity index (χ3n) is 5.13. The van der Waals surface area contributed by atoms with Crippen LogP contribution < -0.4 is 11.1 Å². The molecule has 2 fully saturated rings. The van der Waals surface area contributed by atoms with Crippen molar-refractivity contribution < 1.29 is 17.9 Å². The molecule has 144 valence electrons. The number of hydrogen-bond donors (Lipinski definition) is 2. The van der Waals surface area contributed by atoms with Crippen LogP contribution in [0.1, 0.15) is 32.1 Å². The molecule has 2 aliphatic rings. The number of amides is 1. The standard InChI is InChI=1S/C18H27N3O4S/c19-17(14-7-11-25-12-8-14)18(22)20-15-5-4-6-16(13-15)26(23,24)21-9-2-1-3-10-21/h4-6,13-14,17H,1-3,7-12,19H2,(H,20,22). The van der Waals surface area contributed by atoms with Gasteiger partial charge in [0.2, 0.25) is 15.9 Å². The SMILES string of the molecule is NC(C(=O)Nc1cccc(S(=O)(=O)N2CCCCC2)c1)C1CCOCC1. The number of nitrogens with two attached hydrogens (primary N) is 1. The van der Waals surface area contributed by atoms with E-state index >= 15 is 0 Å². The van der Waals surface area contributed by atoms with Crippen molar-refractivity contribution in [2.24, 2.45) is 11.7 Å². The van der Waals surface area contributed by atoms with E-state index in [0.717, 1.165) is 32.1 Å². The van der Waals surface area contributed by atoms with Crippen molar-refractivity contribution in [2.75, 3.05) is 31.6 Å². The number of nitrogens with one attached hydrogen (secondary N) is 1. The van der Waals surface area contributed by atoms with Gasteiger partial charge >= 0.3 is 0 Å². The molecule has 0 aromatic heterocycles. The lowest BCUT2D eigenvalue weighted by Crippen LogP contribution is -2.44. The van der Waals surface area contributed by atoms with E-state index in [-0.39, 0.29) is 16.7 Å². The number of sulfonamides is 1. The molecule has 0 spiro atoms. The minimum atomic E-state index is -3.53. The zero-order valence-electron chi connectivity index (χ0n) is 14.9. The van der Waals surface area contributed by atoms with E-state index in [4.69, 9.17) is 10.5 Å². The van der Waals surface area contributed by atoms with Gasteiger partial charge in [-0.15, -0.1) is 0 Å². The highest BCUT2D eigenvalue weighted by atomic mass is 32.2. The summed E-state index contributed by atoms with van der Waals surface area (Å²) in [5.41, 5.74) is 6.54. The van der Waals surface area contributed by atoms with E-state index in [0.29, 0.717) is 32.0 Å². The van der Waals surface area contributed by atoms with E-state index in [2.05, 4.69) is 5.32 Å². The van der Waals surface area contributed by atoms with Crippen LogP contribution in [-0.4, -0.2) is 51.0 Å². The fraction of sp³-hybridized carbons (Fsp3) is 0.611. The number of piperidine rings is 1. The average Bonchev–Trinajstić information content (AvgIpc) is 2.69. The van der Waals surface area contributed by atoms with Crippen molar-refractivity contribution in [1.29, 1.82) is 0 Å². The number of carbonyl (C=O) groups is 1. The highest BCUT2D eigenvalue weighted by Gasteiger charge is 2.28. The van der Waals surface area contributed by atoms with Crippen LogP contribution in [0.3, 0.4) is 0 Å². The van der Waals surface area contributed by atoms with Crippen molar-refractivity contribution in [3.8, 4) is 0 Å². The van der Waals surface area contributed by atoms with Gasteiger partial charge in [0.15, 0.2) is 0 Å². The molecule has 0 saturated carbocycles. The molecule has 3 rings (SSSR count). The highest BCUT2D eigenvalue weighted by Crippen LogP contribution is 2.24. The molecule has 1 atom stereocenters. The Morgan fingerprint density at radius 1 is 1.19 bits per heavy atom. The van der Waals surface area contributed by atoms with Crippen LogP contribution in [0.4, 0.5) is 5.69 Å². The van der Waals surface area contributed by atoms with Crippen LogP contribution >= 0.6 is 0 Å². The maximum absolute atomic E-state index is 12.8. The molecule has 2 aliphatic heterocycles. The van der Waals surface area contributed by atoms with Crippen molar-refractivity contribution in [1.82, 2.24) is 4.31 Å². The molecule has 0 radical (unpaired) electrons. The van der Waals surface area contributed by atoms with Gasteiger partial charge in [0.05, 0.1) is 10.9 Å². The Morgan fingerprint density at radius 2 is 1.88 bits per heavy atom. The molecular weight excluding hydrogens is 354 g/mol. The smallest absolute Gasteiger partial charge is 0.243 e. The largest absolute Gasteiger partial charge is 0.381 e. The molecule has 26 heavy (non-hydrogen) atoms. The zero-order chi connectivity index (χ0) is 18.6. The maximum atomic E-state index is 12.8. The van der Waals surface area contributed by atoms with Gasteiger partial charge in [-0.2, -0.15) is 4.31 Å². The molecule has 1 aromatic carbocycles. The summed E-state index contributed by atoms with van der Waals surface area (Å²) < 4.78 is 32.4. The van der Waals surface area contributed by atoms with Gasteiger partial charge in [-0.1, -0.05) is 12.5 Å². The molecule has 3 N–H and O–H groups in total. The number of ether oxygens (including phenoxy) is 1. The lowest BCUT2D eigenvalue weighted by atomic mass is 9.92. The molecule has 7 nitrogen and oxygen atoms in total. The van der Waals surface area contributed by atoms with E-state index < -0.39 is 16.1 Å². The van der Waals surface area contributed by atoms with E-state index in [9.17, 15) is 13.2 Å². The maximum Gasteiger partial charge on any atom is 0.243 e. The summed E-state index contributed by atoms with van der Waals surface area (Å²) in [6.07, 6.45) is 4.35. The molecule has 0 bridgehead atoms. The summed E-state index contributed by atoms with van der Waals surface area (Å²) >= 11 is 0. The van der Waals surface area contributed by atoms with E-state index in [1.165, 1.54) is 10.4 Å². The number of hydrogen-bond acceptors (Lipinski definition) is 5. The van der Waals surface area contributed by atoms with Gasteiger partial charge in [-0.05, 0) is 49.8 Å². The van der Waals surface area contributed by atoms with Crippen LogP contribution in [0, 0.1) is 5.92 Å². The summed E-state index contributed by atoms with van der Waals surface area (Å²) in [6.45, 7) is 2.34. The molecular formula is C18H27N3O4S. The average molecular weight is 381 g/mol. The molecule has 1 unspecified atom stereocenters. The first-order chi connectivity index (χ1) is 12.5. The van der Waals surface area contributed by atoms with E-state index in [1.807, 2.05) is 0 Å². The number of nitrogens with zero attached hydrogens (tertiary/aromatic N) is 1. The molecule has 8 heteroatoms. The van der Waals surface area contributed by atoms with Crippen molar-refractivity contribution >= 4 is 21.6 Å². The third kappa shape index (κ3) is 4.43. The molecule has 1 amide bonds. The Labute approximate surface area is 154 Å². The quantitative estimate of drug-likeness (QED) is 0.806. The fourth-order valence-electron chi connectivity index (χ4n) is 3.50. The predicted octanol–water partition coefficient (Wildman–Crippen LogP) is 1.55. The van der Waals surface area contributed by atoms with Gasteiger partial charge in [-0.25, -0.2) is 8.42 Å². The minimum Gasteiger partial charge on any atom is -0.381 e. The Balaban J connectivity index is 1.69. The summed E-state index contributed by atoms with van der Waals surface area (Å²) in [7, 11) is -3.53. The van der Waals surface area contributed by atoms with Crippen molar-refractivity contribution in [2.45, 2.75) is 43.0 Å². The third-order valence-corrected chi connectivity index (χ3v) is 7.03. The van der Waals surface area contributed by atoms with Crippen LogP contribution in [-0.2, 0) is 19.6 Å². The first-order valence-electron chi connectivity index (χ1n) is 9.23. The van der Waals surface area contributed by atoms with Gasteiger partial charge < -0.3 is 15.8 Å². The Kier molecular flexibility index (Phi) is 6.29. The fourth-order valence-corrected chi connectivity index (χ4v) is 5.07. The van der Waals surface area contributed by atoms with Crippen LogP contribution in [0.25, 0.3) is 0 Å². The second kappa shape index (κ2) is 8.47. The summed E-state index contributed by atoms with van der Waals surface area (Å²) in [5, 5.41) is 2.77. The molecule has 2 heterocycles. The van der Waals surface area contributed by atoms with E-state index in [1.54, 1.807) is 18.2 Å². The summed E-state index contributed by atoms with van der Waals surface area (Å²) in [4.78, 5) is 12.6. The molecule has 1 aromatic rings. The number of rotatable bonds is 5. The Hall–Kier alpha value is -1.48. The Morgan fingerprint density at radius 3 is 2.58 bits per heavy atom. The van der Waals surface area contributed by atoms with Gasteiger partial charge in [0.25, 0.3) is 0 Å². The molecule has 2 saturated heterocycles. The van der Waals surface area contributed by atoms with Crippen molar-refractivity contribution in [3.05, 3.63) is 24.3 Å². The number of benzene rings is 1. The summed E-state index contributed by atoms with van der Waals surface area (Å²) in [5.74, 6) is -0.201. The predicted molar refractivity (Wildman–Crippen MR) is 99.2 cm³/mol. The topological polar surface area (TPSA) is 102 Å². The van der Waals surface area contributed by atoms with Crippen LogP contribution in [0.5, 0.6) is 0 Å². The minimum absolute atomic E-state index is 0.0871. The first-order valence-corrected chi connectivity index (χ1v) is 10.7. The lowest BCUT2D eigenvalue weighted by molar-refractivity contribution is -0.119. The van der Waals surface area contributed by atoms with Gasteiger partial charge in [0, 0.05) is 32.0 Å². The van der Waals surface area contributed by atoms with Crippen molar-refractivity contribution in [3.63, 3.8) is 0 Å². The highest BCUT2D eigenvalue weighted by molar-refractivity contribution is 7.89. The first kappa shape index (κ1) is 19.3. The Bertz CT molecular complexity index is 726. The second-order valence-corrected chi connectivity index (χ2v) is 8.90. The lowest BCUT2D eigenvalue weighted by Gasteiger charge is -2.27. The number of carbonyl (C=O) groups excluding carboxylic acids is 1. The summed E-state index contributed by atoms with van der Waals surface area (Å²) in [6, 6.07) is 5.79. The normalized spacial score (nSPS) is 21.3.